The van der Waals surface area contributed by atoms with Crippen LogP contribution in [-0.4, -0.2) is 39.3 Å². The zero-order chi connectivity index (χ0) is 17.5. The van der Waals surface area contributed by atoms with Crippen molar-refractivity contribution in [2.45, 2.75) is 38.6 Å². The molecule has 0 spiro atoms. The van der Waals surface area contributed by atoms with Crippen LogP contribution < -0.4 is 25.3 Å². The van der Waals surface area contributed by atoms with Gasteiger partial charge in [0.1, 0.15) is 0 Å². The molecule has 0 bridgehead atoms. The maximum Gasteiger partial charge on any atom is 0.239 e. The van der Waals surface area contributed by atoms with Gasteiger partial charge in [-0.05, 0) is 25.8 Å². The molecule has 6 heteroatoms. The summed E-state index contributed by atoms with van der Waals surface area (Å²) in [6, 6.07) is 3.72. The predicted molar refractivity (Wildman–Crippen MR) is 90.3 cm³/mol. The molecule has 1 aromatic rings. The Kier molecular flexibility index (Phi) is 7.16. The van der Waals surface area contributed by atoms with Gasteiger partial charge in [0, 0.05) is 12.1 Å². The predicted octanol–water partition coefficient (Wildman–Crippen LogP) is 1.89. The molecular weight excluding hydrogens is 296 g/mol. The summed E-state index contributed by atoms with van der Waals surface area (Å²) in [5.41, 5.74) is 6.11. The summed E-state index contributed by atoms with van der Waals surface area (Å²) < 4.78 is 16.0. The van der Waals surface area contributed by atoms with Gasteiger partial charge in [0.05, 0.1) is 26.9 Å². The first kappa shape index (κ1) is 19.1. The minimum absolute atomic E-state index is 0.140. The summed E-state index contributed by atoms with van der Waals surface area (Å²) in [4.78, 5) is 12.1. The number of nitrogens with two attached hydrogens (primary N) is 1. The van der Waals surface area contributed by atoms with Crippen LogP contribution >= 0.6 is 0 Å². The third-order valence-corrected chi connectivity index (χ3v) is 3.75. The van der Waals surface area contributed by atoms with E-state index in [2.05, 4.69) is 5.32 Å². The van der Waals surface area contributed by atoms with E-state index in [1.807, 2.05) is 19.1 Å². The zero-order valence-corrected chi connectivity index (χ0v) is 14.7. The first-order chi connectivity index (χ1) is 10.9. The number of rotatable bonds is 9. The van der Waals surface area contributed by atoms with Crippen LogP contribution in [0, 0.1) is 0 Å². The van der Waals surface area contributed by atoms with E-state index in [0.717, 1.165) is 12.0 Å². The van der Waals surface area contributed by atoms with Gasteiger partial charge in [-0.1, -0.05) is 19.4 Å². The smallest absolute Gasteiger partial charge is 0.239 e. The number of carbonyl (C=O) groups excluding carboxylic acids is 1. The Morgan fingerprint density at radius 1 is 1.17 bits per heavy atom. The van der Waals surface area contributed by atoms with Crippen LogP contribution in [0.5, 0.6) is 17.2 Å². The average molecular weight is 324 g/mol. The van der Waals surface area contributed by atoms with Crippen LogP contribution in [0.1, 0.15) is 32.3 Å². The lowest BCUT2D eigenvalue weighted by molar-refractivity contribution is -0.126. The molecule has 1 rings (SSSR count). The van der Waals surface area contributed by atoms with Crippen LogP contribution in [0.3, 0.4) is 0 Å². The SMILES string of the molecule is CCCC(C)(N)C(=O)NCCc1ccc(OC)c(OC)c1OC. The van der Waals surface area contributed by atoms with Gasteiger partial charge in [-0.25, -0.2) is 0 Å². The lowest BCUT2D eigenvalue weighted by Crippen LogP contribution is -2.51. The topological polar surface area (TPSA) is 82.8 Å². The van der Waals surface area contributed by atoms with Crippen LogP contribution in [0.4, 0.5) is 0 Å². The Bertz CT molecular complexity index is 530. The fourth-order valence-electron chi connectivity index (χ4n) is 2.51. The van der Waals surface area contributed by atoms with Gasteiger partial charge in [-0.15, -0.1) is 0 Å². The van der Waals surface area contributed by atoms with Crippen molar-refractivity contribution in [1.29, 1.82) is 0 Å². The van der Waals surface area contributed by atoms with Crippen LogP contribution in [0.25, 0.3) is 0 Å². The van der Waals surface area contributed by atoms with Crippen molar-refractivity contribution in [2.75, 3.05) is 27.9 Å². The summed E-state index contributed by atoms with van der Waals surface area (Å²) in [6.07, 6.45) is 2.12. The second-order valence-electron chi connectivity index (χ2n) is 5.67. The molecule has 6 nitrogen and oxygen atoms in total. The molecule has 130 valence electrons. The Morgan fingerprint density at radius 2 is 1.83 bits per heavy atom. The highest BCUT2D eigenvalue weighted by molar-refractivity contribution is 5.85. The number of benzene rings is 1. The van der Waals surface area contributed by atoms with Gasteiger partial charge in [-0.2, -0.15) is 0 Å². The number of amides is 1. The maximum absolute atomic E-state index is 12.1. The normalized spacial score (nSPS) is 13.1. The molecule has 0 aliphatic rings. The molecule has 0 radical (unpaired) electrons. The zero-order valence-electron chi connectivity index (χ0n) is 14.7. The van der Waals surface area contributed by atoms with Crippen molar-refractivity contribution in [1.82, 2.24) is 5.32 Å². The third kappa shape index (κ3) is 4.76. The molecule has 0 aromatic heterocycles. The molecule has 1 atom stereocenters. The van der Waals surface area contributed by atoms with Gasteiger partial charge >= 0.3 is 0 Å². The summed E-state index contributed by atoms with van der Waals surface area (Å²) in [5.74, 6) is 1.63. The van der Waals surface area contributed by atoms with E-state index >= 15 is 0 Å². The summed E-state index contributed by atoms with van der Waals surface area (Å²) in [7, 11) is 4.72. The Balaban J connectivity index is 2.77. The van der Waals surface area contributed by atoms with E-state index in [-0.39, 0.29) is 5.91 Å². The minimum Gasteiger partial charge on any atom is -0.493 e. The molecule has 0 saturated heterocycles. The quantitative estimate of drug-likeness (QED) is 0.725. The van der Waals surface area contributed by atoms with Crippen LogP contribution in [0.15, 0.2) is 12.1 Å². The van der Waals surface area contributed by atoms with Crippen molar-refractivity contribution >= 4 is 5.91 Å². The van der Waals surface area contributed by atoms with E-state index in [1.54, 1.807) is 28.3 Å². The minimum atomic E-state index is -0.837. The number of hydrogen-bond acceptors (Lipinski definition) is 5. The van der Waals surface area contributed by atoms with E-state index in [9.17, 15) is 4.79 Å². The van der Waals surface area contributed by atoms with Crippen LogP contribution in [0.2, 0.25) is 0 Å². The third-order valence-electron chi connectivity index (χ3n) is 3.75. The number of carbonyl (C=O) groups is 1. The standard InChI is InChI=1S/C17H28N2O4/c1-6-10-17(2,18)16(20)19-11-9-12-7-8-13(21-3)15(23-5)14(12)22-4/h7-8H,6,9-11,18H2,1-5H3,(H,19,20). The van der Waals surface area contributed by atoms with Gasteiger partial charge in [0.25, 0.3) is 0 Å². The summed E-state index contributed by atoms with van der Waals surface area (Å²) >= 11 is 0. The van der Waals surface area contributed by atoms with Crippen molar-refractivity contribution in [2.24, 2.45) is 5.73 Å². The molecule has 1 amide bonds. The molecule has 0 heterocycles. The molecule has 1 aromatic carbocycles. The molecule has 3 N–H and O–H groups in total. The lowest BCUT2D eigenvalue weighted by atomic mass is 9.96. The number of nitrogens with one attached hydrogen (secondary N) is 1. The first-order valence-electron chi connectivity index (χ1n) is 7.76. The fourth-order valence-corrected chi connectivity index (χ4v) is 2.51. The lowest BCUT2D eigenvalue weighted by Gasteiger charge is -2.23. The highest BCUT2D eigenvalue weighted by Gasteiger charge is 2.26. The molecule has 1 unspecified atom stereocenters. The first-order valence-corrected chi connectivity index (χ1v) is 7.76. The largest absolute Gasteiger partial charge is 0.493 e. The fraction of sp³-hybridized carbons (Fsp3) is 0.588. The summed E-state index contributed by atoms with van der Waals surface area (Å²) in [5, 5.41) is 2.88. The second-order valence-corrected chi connectivity index (χ2v) is 5.67. The van der Waals surface area contributed by atoms with Crippen LogP contribution in [-0.2, 0) is 11.2 Å². The molecule has 23 heavy (non-hydrogen) atoms. The molecule has 0 aliphatic heterocycles. The van der Waals surface area contributed by atoms with E-state index in [1.165, 1.54) is 0 Å². The average Bonchev–Trinajstić information content (AvgIpc) is 2.53. The molecular formula is C17H28N2O4. The van der Waals surface area contributed by atoms with Crippen molar-refractivity contribution in [3.63, 3.8) is 0 Å². The summed E-state index contributed by atoms with van der Waals surface area (Å²) in [6.45, 7) is 4.23. The highest BCUT2D eigenvalue weighted by Crippen LogP contribution is 2.39. The Hall–Kier alpha value is -1.95. The van der Waals surface area contributed by atoms with E-state index < -0.39 is 5.54 Å². The number of ether oxygens (including phenoxy) is 3. The second kappa shape index (κ2) is 8.62. The highest BCUT2D eigenvalue weighted by atomic mass is 16.5. The molecule has 0 saturated carbocycles. The van der Waals surface area contributed by atoms with Gasteiger partial charge in [0.15, 0.2) is 11.5 Å². The van der Waals surface area contributed by atoms with Gasteiger partial charge < -0.3 is 25.3 Å². The van der Waals surface area contributed by atoms with Crippen molar-refractivity contribution in [3.05, 3.63) is 17.7 Å². The van der Waals surface area contributed by atoms with Gasteiger partial charge in [0.2, 0.25) is 11.7 Å². The van der Waals surface area contributed by atoms with Gasteiger partial charge in [-0.3, -0.25) is 4.79 Å². The van der Waals surface area contributed by atoms with Crippen molar-refractivity contribution in [3.8, 4) is 17.2 Å². The molecule has 0 aliphatic carbocycles. The Labute approximate surface area is 138 Å². The number of hydrogen-bond donors (Lipinski definition) is 2. The number of methoxy groups -OCH3 is 3. The van der Waals surface area contributed by atoms with E-state index in [4.69, 9.17) is 19.9 Å². The monoisotopic (exact) mass is 324 g/mol. The Morgan fingerprint density at radius 3 is 2.35 bits per heavy atom. The molecule has 0 fully saturated rings. The van der Waals surface area contributed by atoms with E-state index in [0.29, 0.717) is 36.6 Å². The maximum atomic E-state index is 12.1. The van der Waals surface area contributed by atoms with Crippen molar-refractivity contribution < 1.29 is 19.0 Å².